The molecule has 0 saturated carbocycles. The van der Waals surface area contributed by atoms with Crippen LogP contribution in [0.4, 0.5) is 4.79 Å². The van der Waals surface area contributed by atoms with E-state index >= 15 is 0 Å². The van der Waals surface area contributed by atoms with Gasteiger partial charge in [-0.25, -0.2) is 0 Å². The quantitative estimate of drug-likeness (QED) is 0.202. The molecule has 5 nitrogen and oxygen atoms in total. The molecule has 0 unspecified atom stereocenters. The minimum Gasteiger partial charge on any atom is -0.490 e. The standard InChI is InChI=1S/C30H30BrNO4S/c1-20-5-7-21(8-6-20)19-32-28(33)27(37-29(32)34)17-22-9-12-24(31)18-26(22)36-16-15-35-25-13-10-23(11-14-25)30(2,3)4/h5-14,17-18H,15-16,19H2,1-4H3/b27-17-. The largest absolute Gasteiger partial charge is 0.490 e. The molecule has 0 spiro atoms. The first kappa shape index (κ1) is 27.0. The number of imide groups is 1. The summed E-state index contributed by atoms with van der Waals surface area (Å²) >= 11 is 4.43. The highest BCUT2D eigenvalue weighted by Crippen LogP contribution is 2.35. The molecule has 1 heterocycles. The molecule has 3 aromatic rings. The average Bonchev–Trinajstić information content (AvgIpc) is 3.11. The van der Waals surface area contributed by atoms with Crippen LogP contribution in [-0.4, -0.2) is 29.3 Å². The predicted molar refractivity (Wildman–Crippen MR) is 153 cm³/mol. The maximum atomic E-state index is 13.0. The zero-order valence-electron chi connectivity index (χ0n) is 21.4. The zero-order chi connectivity index (χ0) is 26.6. The SMILES string of the molecule is Cc1ccc(CN2C(=O)S/C(=C\c3ccc(Br)cc3OCCOc3ccc(C(C)(C)C)cc3)C2=O)cc1. The van der Waals surface area contributed by atoms with Gasteiger partial charge in [0.15, 0.2) is 0 Å². The molecule has 1 aliphatic heterocycles. The summed E-state index contributed by atoms with van der Waals surface area (Å²) in [6.45, 7) is 9.48. The van der Waals surface area contributed by atoms with E-state index in [1.54, 1.807) is 6.08 Å². The number of halogens is 1. The van der Waals surface area contributed by atoms with Crippen molar-refractivity contribution in [3.05, 3.63) is 98.4 Å². The Bertz CT molecular complexity index is 1310. The lowest BCUT2D eigenvalue weighted by atomic mass is 9.87. The van der Waals surface area contributed by atoms with E-state index in [1.807, 2.05) is 61.5 Å². The first-order valence-corrected chi connectivity index (χ1v) is 13.7. The predicted octanol–water partition coefficient (Wildman–Crippen LogP) is 7.75. The molecule has 1 aliphatic rings. The first-order chi connectivity index (χ1) is 17.6. The van der Waals surface area contributed by atoms with Gasteiger partial charge in [-0.1, -0.05) is 84.7 Å². The summed E-state index contributed by atoms with van der Waals surface area (Å²) in [5.41, 5.74) is 4.10. The Labute approximate surface area is 231 Å². The van der Waals surface area contributed by atoms with E-state index in [-0.39, 0.29) is 23.1 Å². The van der Waals surface area contributed by atoms with Crippen LogP contribution in [0.2, 0.25) is 0 Å². The highest BCUT2D eigenvalue weighted by Gasteiger charge is 2.35. The van der Waals surface area contributed by atoms with E-state index in [9.17, 15) is 9.59 Å². The van der Waals surface area contributed by atoms with Gasteiger partial charge in [-0.15, -0.1) is 0 Å². The van der Waals surface area contributed by atoms with Crippen molar-refractivity contribution >= 4 is 44.9 Å². The van der Waals surface area contributed by atoms with Crippen molar-refractivity contribution in [2.24, 2.45) is 0 Å². The Morgan fingerprint density at radius 3 is 2.27 bits per heavy atom. The van der Waals surface area contributed by atoms with Crippen LogP contribution < -0.4 is 9.47 Å². The maximum absolute atomic E-state index is 13.0. The van der Waals surface area contributed by atoms with Crippen molar-refractivity contribution in [2.75, 3.05) is 13.2 Å². The summed E-state index contributed by atoms with van der Waals surface area (Å²) < 4.78 is 12.7. The minimum atomic E-state index is -0.300. The third-order valence-corrected chi connectivity index (χ3v) is 7.33. The lowest BCUT2D eigenvalue weighted by molar-refractivity contribution is -0.123. The highest BCUT2D eigenvalue weighted by molar-refractivity contribution is 9.10. The lowest BCUT2D eigenvalue weighted by Gasteiger charge is -2.19. The first-order valence-electron chi connectivity index (χ1n) is 12.1. The second-order valence-corrected chi connectivity index (χ2v) is 11.8. The second-order valence-electron chi connectivity index (χ2n) is 9.91. The van der Waals surface area contributed by atoms with Gasteiger partial charge >= 0.3 is 0 Å². The molecule has 0 N–H and O–H groups in total. The number of amides is 2. The van der Waals surface area contributed by atoms with Gasteiger partial charge in [0.05, 0.1) is 11.4 Å². The lowest BCUT2D eigenvalue weighted by Crippen LogP contribution is -2.27. The number of benzene rings is 3. The van der Waals surface area contributed by atoms with Gasteiger partial charge in [0.1, 0.15) is 24.7 Å². The average molecular weight is 581 g/mol. The van der Waals surface area contributed by atoms with Crippen molar-refractivity contribution in [1.82, 2.24) is 4.90 Å². The molecule has 2 amide bonds. The minimum absolute atomic E-state index is 0.0918. The van der Waals surface area contributed by atoms with Crippen LogP contribution in [0.1, 0.15) is 43.0 Å². The maximum Gasteiger partial charge on any atom is 0.293 e. The van der Waals surface area contributed by atoms with Crippen LogP contribution in [0.3, 0.4) is 0 Å². The highest BCUT2D eigenvalue weighted by atomic mass is 79.9. The normalized spacial score (nSPS) is 14.9. The van der Waals surface area contributed by atoms with Crippen molar-refractivity contribution < 1.29 is 19.1 Å². The zero-order valence-corrected chi connectivity index (χ0v) is 23.8. The fourth-order valence-corrected chi connectivity index (χ4v) is 4.94. The Kier molecular flexibility index (Phi) is 8.45. The number of ether oxygens (including phenoxy) is 2. The third kappa shape index (κ3) is 7.05. The second kappa shape index (κ2) is 11.6. The number of rotatable bonds is 8. The number of hydrogen-bond donors (Lipinski definition) is 0. The summed E-state index contributed by atoms with van der Waals surface area (Å²) in [6.07, 6.45) is 1.72. The smallest absolute Gasteiger partial charge is 0.293 e. The van der Waals surface area contributed by atoms with Crippen molar-refractivity contribution in [3.8, 4) is 11.5 Å². The molecule has 3 aromatic carbocycles. The Morgan fingerprint density at radius 2 is 1.59 bits per heavy atom. The van der Waals surface area contributed by atoms with Crippen LogP contribution in [-0.2, 0) is 16.8 Å². The Morgan fingerprint density at radius 1 is 0.919 bits per heavy atom. The molecular formula is C30H30BrNO4S. The van der Waals surface area contributed by atoms with Crippen LogP contribution in [0.15, 0.2) is 76.1 Å². The topological polar surface area (TPSA) is 55.8 Å². The number of thioether (sulfide) groups is 1. The molecule has 0 bridgehead atoms. The van der Waals surface area contributed by atoms with Crippen molar-refractivity contribution in [2.45, 2.75) is 39.7 Å². The molecule has 0 aliphatic carbocycles. The van der Waals surface area contributed by atoms with Crippen molar-refractivity contribution in [3.63, 3.8) is 0 Å². The fourth-order valence-electron chi connectivity index (χ4n) is 3.77. The molecule has 1 fully saturated rings. The molecule has 0 aromatic heterocycles. The van der Waals surface area contributed by atoms with Crippen LogP contribution >= 0.6 is 27.7 Å². The number of carbonyl (C=O) groups excluding carboxylic acids is 2. The summed E-state index contributed by atoms with van der Waals surface area (Å²) in [7, 11) is 0. The van der Waals surface area contributed by atoms with Crippen LogP contribution in [0.5, 0.6) is 11.5 Å². The number of carbonyl (C=O) groups is 2. The third-order valence-electron chi connectivity index (χ3n) is 5.93. The van der Waals surface area contributed by atoms with Crippen LogP contribution in [0.25, 0.3) is 6.08 Å². The Hall–Kier alpha value is -3.03. The number of hydrogen-bond acceptors (Lipinski definition) is 5. The summed E-state index contributed by atoms with van der Waals surface area (Å²) in [4.78, 5) is 27.3. The van der Waals surface area contributed by atoms with Crippen molar-refractivity contribution in [1.29, 1.82) is 0 Å². The molecule has 4 rings (SSSR count). The molecule has 192 valence electrons. The fraction of sp³-hybridized carbons (Fsp3) is 0.267. The number of nitrogens with zero attached hydrogens (tertiary/aromatic N) is 1. The molecule has 0 radical (unpaired) electrons. The van der Waals surface area contributed by atoms with Crippen LogP contribution in [0, 0.1) is 6.92 Å². The van der Waals surface area contributed by atoms with Gasteiger partial charge in [-0.2, -0.15) is 0 Å². The monoisotopic (exact) mass is 579 g/mol. The summed E-state index contributed by atoms with van der Waals surface area (Å²) in [5.74, 6) is 1.09. The van der Waals surface area contributed by atoms with Gasteiger partial charge in [0, 0.05) is 10.0 Å². The van der Waals surface area contributed by atoms with E-state index in [0.29, 0.717) is 23.9 Å². The van der Waals surface area contributed by atoms with E-state index in [2.05, 4.69) is 48.8 Å². The molecular weight excluding hydrogens is 550 g/mol. The van der Waals surface area contributed by atoms with Gasteiger partial charge in [-0.05, 0) is 65.6 Å². The van der Waals surface area contributed by atoms with E-state index in [1.165, 1.54) is 10.5 Å². The Balaban J connectivity index is 1.40. The van der Waals surface area contributed by atoms with Gasteiger partial charge in [-0.3, -0.25) is 14.5 Å². The van der Waals surface area contributed by atoms with E-state index in [4.69, 9.17) is 9.47 Å². The molecule has 0 atom stereocenters. The molecule has 7 heteroatoms. The van der Waals surface area contributed by atoms with E-state index in [0.717, 1.165) is 38.7 Å². The number of aryl methyl sites for hydroxylation is 1. The van der Waals surface area contributed by atoms with E-state index < -0.39 is 0 Å². The van der Waals surface area contributed by atoms with Gasteiger partial charge in [0.2, 0.25) is 0 Å². The molecule has 37 heavy (non-hydrogen) atoms. The van der Waals surface area contributed by atoms with Gasteiger partial charge < -0.3 is 9.47 Å². The summed E-state index contributed by atoms with van der Waals surface area (Å²) in [6, 6.07) is 21.5. The van der Waals surface area contributed by atoms with Gasteiger partial charge in [0.25, 0.3) is 11.1 Å². The summed E-state index contributed by atoms with van der Waals surface area (Å²) in [5, 5.41) is -0.276. The molecule has 1 saturated heterocycles.